The van der Waals surface area contributed by atoms with Gasteiger partial charge in [0.1, 0.15) is 6.61 Å². The molecule has 0 aliphatic carbocycles. The van der Waals surface area contributed by atoms with Gasteiger partial charge in [-0.3, -0.25) is 9.59 Å². The molecule has 0 unspecified atom stereocenters. The van der Waals surface area contributed by atoms with Crippen LogP contribution in [0.5, 0.6) is 0 Å². The average molecular weight is 282 g/mol. The quantitative estimate of drug-likeness (QED) is 0.492. The molecule has 0 aliphatic rings. The second kappa shape index (κ2) is 8.56. The molecular formula is C16H26O4. The summed E-state index contributed by atoms with van der Waals surface area (Å²) in [7, 11) is 0. The third-order valence-electron chi connectivity index (χ3n) is 3.51. The summed E-state index contributed by atoms with van der Waals surface area (Å²) in [5.41, 5.74) is -0.683. The third-order valence-corrected chi connectivity index (χ3v) is 3.51. The summed E-state index contributed by atoms with van der Waals surface area (Å²) < 4.78 is 5.07. The van der Waals surface area contributed by atoms with E-state index in [9.17, 15) is 14.7 Å². The number of aliphatic carboxylic acids is 1. The van der Waals surface area contributed by atoms with Crippen molar-refractivity contribution in [2.45, 2.75) is 40.0 Å². The molecule has 4 heteroatoms. The van der Waals surface area contributed by atoms with Gasteiger partial charge in [-0.2, -0.15) is 0 Å². The molecule has 4 nitrogen and oxygen atoms in total. The Balaban J connectivity index is 5.31. The minimum absolute atomic E-state index is 0.0995. The van der Waals surface area contributed by atoms with Crippen molar-refractivity contribution in [3.63, 3.8) is 0 Å². The summed E-state index contributed by atoms with van der Waals surface area (Å²) in [6.07, 6.45) is 5.24. The third kappa shape index (κ3) is 5.19. The lowest BCUT2D eigenvalue weighted by Crippen LogP contribution is -2.40. The summed E-state index contributed by atoms with van der Waals surface area (Å²) in [5.74, 6) is -2.98. The van der Waals surface area contributed by atoms with Crippen LogP contribution in [-0.4, -0.2) is 23.7 Å². The molecule has 0 spiro atoms. The Kier molecular flexibility index (Phi) is 7.89. The molecule has 1 N–H and O–H groups in total. The van der Waals surface area contributed by atoms with Gasteiger partial charge in [-0.25, -0.2) is 0 Å². The van der Waals surface area contributed by atoms with Crippen LogP contribution in [0, 0.1) is 17.3 Å². The monoisotopic (exact) mass is 282 g/mol. The van der Waals surface area contributed by atoms with E-state index in [-0.39, 0.29) is 6.61 Å². The number of esters is 1. The van der Waals surface area contributed by atoms with Crippen molar-refractivity contribution in [2.24, 2.45) is 17.3 Å². The van der Waals surface area contributed by atoms with Crippen LogP contribution in [0.1, 0.15) is 40.0 Å². The van der Waals surface area contributed by atoms with Crippen molar-refractivity contribution in [3.8, 4) is 0 Å². The Labute approximate surface area is 121 Å². The maximum Gasteiger partial charge on any atom is 0.310 e. The van der Waals surface area contributed by atoms with Crippen LogP contribution in [0.15, 0.2) is 25.3 Å². The van der Waals surface area contributed by atoms with E-state index in [1.807, 2.05) is 6.92 Å². The first-order valence-electron chi connectivity index (χ1n) is 6.95. The molecule has 114 valence electrons. The summed E-state index contributed by atoms with van der Waals surface area (Å²) in [5, 5.41) is 9.51. The molecular weight excluding hydrogens is 256 g/mol. The van der Waals surface area contributed by atoms with Gasteiger partial charge in [-0.05, 0) is 11.8 Å². The maximum absolute atomic E-state index is 12.1. The Morgan fingerprint density at radius 3 is 2.35 bits per heavy atom. The number of ether oxygens (including phenoxy) is 1. The Morgan fingerprint density at radius 1 is 1.35 bits per heavy atom. The average Bonchev–Trinajstić information content (AvgIpc) is 2.39. The molecule has 0 rings (SSSR count). The van der Waals surface area contributed by atoms with Crippen LogP contribution in [-0.2, 0) is 14.3 Å². The smallest absolute Gasteiger partial charge is 0.310 e. The van der Waals surface area contributed by atoms with Gasteiger partial charge in [0.15, 0.2) is 0 Å². The van der Waals surface area contributed by atoms with E-state index in [0.717, 1.165) is 12.8 Å². The van der Waals surface area contributed by atoms with Crippen molar-refractivity contribution >= 4 is 11.9 Å². The molecule has 0 bridgehead atoms. The molecule has 0 fully saturated rings. The molecule has 0 aromatic carbocycles. The van der Waals surface area contributed by atoms with Gasteiger partial charge in [-0.15, -0.1) is 6.58 Å². The van der Waals surface area contributed by atoms with Crippen molar-refractivity contribution < 1.29 is 19.4 Å². The zero-order valence-corrected chi connectivity index (χ0v) is 12.7. The number of carboxylic acid groups (broad SMARTS) is 1. The molecule has 0 aliphatic heterocycles. The van der Waals surface area contributed by atoms with E-state index in [0.29, 0.717) is 6.42 Å². The van der Waals surface area contributed by atoms with Gasteiger partial charge in [0.2, 0.25) is 0 Å². The molecule has 0 aromatic heterocycles. The van der Waals surface area contributed by atoms with Crippen LogP contribution in [0.2, 0.25) is 0 Å². The first-order valence-corrected chi connectivity index (χ1v) is 6.95. The Morgan fingerprint density at radius 2 is 1.95 bits per heavy atom. The number of rotatable bonds is 10. The molecule has 0 saturated carbocycles. The van der Waals surface area contributed by atoms with Crippen LogP contribution in [0.3, 0.4) is 0 Å². The number of unbranched alkanes of at least 4 members (excludes halogenated alkanes) is 1. The Hall–Kier alpha value is -1.58. The van der Waals surface area contributed by atoms with Crippen LogP contribution >= 0.6 is 0 Å². The van der Waals surface area contributed by atoms with Crippen molar-refractivity contribution in [1.82, 2.24) is 0 Å². The summed E-state index contributed by atoms with van der Waals surface area (Å²) >= 11 is 0. The van der Waals surface area contributed by atoms with Gasteiger partial charge in [0.25, 0.3) is 0 Å². The highest BCUT2D eigenvalue weighted by Crippen LogP contribution is 2.37. The van der Waals surface area contributed by atoms with E-state index in [1.165, 1.54) is 6.08 Å². The normalized spacial score (nSPS) is 14.2. The second-order valence-electron chi connectivity index (χ2n) is 5.51. The number of hydrogen-bond acceptors (Lipinski definition) is 3. The summed E-state index contributed by atoms with van der Waals surface area (Å²) in [6.45, 7) is 12.8. The molecule has 0 saturated heterocycles. The minimum Gasteiger partial charge on any atom is -0.481 e. The largest absolute Gasteiger partial charge is 0.481 e. The molecule has 0 radical (unpaired) electrons. The van der Waals surface area contributed by atoms with E-state index in [2.05, 4.69) is 13.2 Å². The molecule has 2 atom stereocenters. The van der Waals surface area contributed by atoms with Gasteiger partial charge < -0.3 is 9.84 Å². The van der Waals surface area contributed by atoms with Gasteiger partial charge >= 0.3 is 11.9 Å². The number of carbonyl (C=O) groups is 2. The van der Waals surface area contributed by atoms with Gasteiger partial charge in [0.05, 0.1) is 11.8 Å². The number of carboxylic acids is 1. The SMILES string of the molecule is C=CCOC(=O)[C@H](CCCC)[C@@H](C(=O)O)C(C)(C)C=C. The fraction of sp³-hybridized carbons (Fsp3) is 0.625. The number of carbonyl (C=O) groups excluding carboxylic acids is 1. The van der Waals surface area contributed by atoms with E-state index >= 15 is 0 Å². The molecule has 0 aromatic rings. The predicted octanol–water partition coefficient (Wildman–Crippen LogP) is 3.44. The van der Waals surface area contributed by atoms with Crippen LogP contribution < -0.4 is 0 Å². The fourth-order valence-corrected chi connectivity index (χ4v) is 2.23. The van der Waals surface area contributed by atoms with Crippen molar-refractivity contribution in [3.05, 3.63) is 25.3 Å². The maximum atomic E-state index is 12.1. The van der Waals surface area contributed by atoms with Gasteiger partial charge in [0, 0.05) is 0 Å². The van der Waals surface area contributed by atoms with Gasteiger partial charge in [-0.1, -0.05) is 52.3 Å². The highest BCUT2D eigenvalue weighted by Gasteiger charge is 2.43. The summed E-state index contributed by atoms with van der Waals surface area (Å²) in [6, 6.07) is 0. The highest BCUT2D eigenvalue weighted by atomic mass is 16.5. The van der Waals surface area contributed by atoms with E-state index in [1.54, 1.807) is 19.9 Å². The number of allylic oxidation sites excluding steroid dienone is 1. The standard InChI is InChI=1S/C16H26O4/c1-6-9-10-12(15(19)20-11-7-2)13(14(17)18)16(4,5)8-3/h7-8,12-13H,2-3,6,9-11H2,1,4-5H3,(H,17,18)/t12-,13+/m1/s1. The topological polar surface area (TPSA) is 63.6 Å². The van der Waals surface area contributed by atoms with E-state index in [4.69, 9.17) is 4.74 Å². The predicted molar refractivity (Wildman–Crippen MR) is 79.3 cm³/mol. The minimum atomic E-state index is -0.994. The first-order chi connectivity index (χ1) is 9.31. The van der Waals surface area contributed by atoms with E-state index < -0.39 is 29.2 Å². The lowest BCUT2D eigenvalue weighted by atomic mass is 9.70. The van der Waals surface area contributed by atoms with Crippen LogP contribution in [0.25, 0.3) is 0 Å². The molecule has 20 heavy (non-hydrogen) atoms. The molecule has 0 heterocycles. The second-order valence-corrected chi connectivity index (χ2v) is 5.51. The first kappa shape index (κ1) is 18.4. The van der Waals surface area contributed by atoms with Crippen molar-refractivity contribution in [2.75, 3.05) is 6.61 Å². The van der Waals surface area contributed by atoms with Crippen LogP contribution in [0.4, 0.5) is 0 Å². The lowest BCUT2D eigenvalue weighted by Gasteiger charge is -2.33. The highest BCUT2D eigenvalue weighted by molar-refractivity contribution is 5.82. The zero-order valence-electron chi connectivity index (χ0n) is 12.7. The lowest BCUT2D eigenvalue weighted by molar-refractivity contribution is -0.161. The molecule has 0 amide bonds. The zero-order chi connectivity index (χ0) is 15.8. The van der Waals surface area contributed by atoms with Crippen molar-refractivity contribution in [1.29, 1.82) is 0 Å². The summed E-state index contributed by atoms with van der Waals surface area (Å²) in [4.78, 5) is 23.8. The Bertz CT molecular complexity index is 357. The number of hydrogen-bond donors (Lipinski definition) is 1. The fourth-order valence-electron chi connectivity index (χ4n) is 2.23.